The highest BCUT2D eigenvalue weighted by Gasteiger charge is 2.17. The van der Waals surface area contributed by atoms with E-state index >= 15 is 0 Å². The minimum atomic E-state index is -0.234. The lowest BCUT2D eigenvalue weighted by atomic mass is 10.2. The van der Waals surface area contributed by atoms with Crippen LogP contribution < -0.4 is 15.0 Å². The van der Waals surface area contributed by atoms with Crippen LogP contribution >= 0.6 is 47.8 Å². The summed E-state index contributed by atoms with van der Waals surface area (Å²) in [6.07, 6.45) is 8.32. The molecule has 0 aliphatic rings. The van der Waals surface area contributed by atoms with Gasteiger partial charge in [0.15, 0.2) is 11.5 Å². The average Bonchev–Trinajstić information content (AvgIpc) is 2.76. The Morgan fingerprint density at radius 1 is 1.26 bits per heavy atom. The SMILES string of the molecule is C#CCOc1c(OC)cc(C=Nn2c(CCC)nc3ccc(Br)cc3c2=O)c(Br)c1Br. The molecule has 0 fully saturated rings. The monoisotopic (exact) mass is 609 g/mol. The third-order valence-corrected chi connectivity index (χ3v) is 6.97. The molecule has 1 aromatic heterocycles. The first-order chi connectivity index (χ1) is 14.9. The summed E-state index contributed by atoms with van der Waals surface area (Å²) in [4.78, 5) is 17.8. The van der Waals surface area contributed by atoms with Gasteiger partial charge in [0.2, 0.25) is 0 Å². The fourth-order valence-corrected chi connectivity index (χ4v) is 4.21. The van der Waals surface area contributed by atoms with Crippen LogP contribution in [0.1, 0.15) is 24.7 Å². The van der Waals surface area contributed by atoms with Gasteiger partial charge in [-0.3, -0.25) is 4.79 Å². The molecule has 0 unspecified atom stereocenters. The van der Waals surface area contributed by atoms with Crippen LogP contribution in [0.2, 0.25) is 0 Å². The van der Waals surface area contributed by atoms with Crippen molar-refractivity contribution in [1.82, 2.24) is 9.66 Å². The second kappa shape index (κ2) is 10.4. The Kier molecular flexibility index (Phi) is 7.92. The molecule has 3 aromatic rings. The number of hydrogen-bond acceptors (Lipinski definition) is 5. The predicted octanol–water partition coefficient (Wildman–Crippen LogP) is 5.54. The summed E-state index contributed by atoms with van der Waals surface area (Å²) in [5, 5.41) is 4.95. The minimum Gasteiger partial charge on any atom is -0.493 e. The molecular formula is C22H18Br3N3O3. The lowest BCUT2D eigenvalue weighted by Crippen LogP contribution is -2.22. The van der Waals surface area contributed by atoms with Crippen LogP contribution in [0.4, 0.5) is 0 Å². The number of hydrogen-bond donors (Lipinski definition) is 0. The first kappa shape index (κ1) is 23.5. The summed E-state index contributed by atoms with van der Waals surface area (Å²) >= 11 is 10.5. The van der Waals surface area contributed by atoms with E-state index in [1.807, 2.05) is 19.1 Å². The van der Waals surface area contributed by atoms with Crippen molar-refractivity contribution in [3.05, 3.63) is 59.4 Å². The van der Waals surface area contributed by atoms with Crippen LogP contribution in [-0.2, 0) is 6.42 Å². The summed E-state index contributed by atoms with van der Waals surface area (Å²) < 4.78 is 14.5. The highest BCUT2D eigenvalue weighted by atomic mass is 79.9. The maximum atomic E-state index is 13.1. The summed E-state index contributed by atoms with van der Waals surface area (Å²) in [5.74, 6) is 3.98. The number of aryl methyl sites for hydroxylation is 1. The second-order valence-corrected chi connectivity index (χ2v) is 8.92. The lowest BCUT2D eigenvalue weighted by Gasteiger charge is -2.14. The second-order valence-electron chi connectivity index (χ2n) is 6.42. The number of fused-ring (bicyclic) bond motifs is 1. The Bertz CT molecular complexity index is 1260. The molecule has 0 atom stereocenters. The first-order valence-corrected chi connectivity index (χ1v) is 11.7. The van der Waals surface area contributed by atoms with Gasteiger partial charge in [-0.05, 0) is 62.5 Å². The van der Waals surface area contributed by atoms with Crippen molar-refractivity contribution in [1.29, 1.82) is 0 Å². The van der Waals surface area contributed by atoms with Gasteiger partial charge in [-0.15, -0.1) is 6.42 Å². The Morgan fingerprint density at radius 2 is 2.03 bits per heavy atom. The summed E-state index contributed by atoms with van der Waals surface area (Å²) in [6, 6.07) is 7.18. The fraction of sp³-hybridized carbons (Fsp3) is 0.227. The van der Waals surface area contributed by atoms with Crippen molar-refractivity contribution >= 4 is 64.9 Å². The predicted molar refractivity (Wildman–Crippen MR) is 133 cm³/mol. The zero-order valence-electron chi connectivity index (χ0n) is 16.8. The number of benzene rings is 2. The van der Waals surface area contributed by atoms with Crippen LogP contribution in [0.5, 0.6) is 11.5 Å². The van der Waals surface area contributed by atoms with Crippen LogP contribution in [-0.4, -0.2) is 29.6 Å². The number of aromatic nitrogens is 2. The summed E-state index contributed by atoms with van der Waals surface area (Å²) in [6.45, 7) is 2.13. The zero-order valence-corrected chi connectivity index (χ0v) is 21.5. The molecule has 0 saturated carbocycles. The fourth-order valence-electron chi connectivity index (χ4n) is 2.92. The topological polar surface area (TPSA) is 65.7 Å². The van der Waals surface area contributed by atoms with Crippen molar-refractivity contribution in [3.63, 3.8) is 0 Å². The molecule has 9 heteroatoms. The van der Waals surface area contributed by atoms with E-state index in [1.54, 1.807) is 18.3 Å². The molecule has 0 spiro atoms. The Hall–Kier alpha value is -2.15. The van der Waals surface area contributed by atoms with Crippen LogP contribution in [0.25, 0.3) is 10.9 Å². The Labute approximate surface area is 205 Å². The molecule has 2 aromatic carbocycles. The van der Waals surface area contributed by atoms with E-state index in [-0.39, 0.29) is 12.2 Å². The molecule has 0 aliphatic heterocycles. The van der Waals surface area contributed by atoms with E-state index in [0.717, 1.165) is 10.9 Å². The first-order valence-electron chi connectivity index (χ1n) is 9.29. The quantitative estimate of drug-likeness (QED) is 0.260. The van der Waals surface area contributed by atoms with Crippen molar-refractivity contribution in [2.45, 2.75) is 19.8 Å². The smallest absolute Gasteiger partial charge is 0.282 e. The van der Waals surface area contributed by atoms with Gasteiger partial charge in [0.05, 0.1) is 28.7 Å². The molecule has 0 radical (unpaired) electrons. The van der Waals surface area contributed by atoms with Gasteiger partial charge in [-0.2, -0.15) is 9.78 Å². The standard InChI is InChI=1S/C22H18Br3N3O3/c1-4-6-18-27-16-8-7-14(23)11-15(16)22(29)28(18)26-12-13-10-17(30-3)21(31-9-5-2)20(25)19(13)24/h2,7-8,10-12H,4,6,9H2,1,3H3. The summed E-state index contributed by atoms with van der Waals surface area (Å²) in [5.41, 5.74) is 1.09. The molecular weight excluding hydrogens is 594 g/mol. The normalized spacial score (nSPS) is 11.1. The van der Waals surface area contributed by atoms with Crippen molar-refractivity contribution in [2.24, 2.45) is 5.10 Å². The van der Waals surface area contributed by atoms with Gasteiger partial charge in [-0.1, -0.05) is 28.8 Å². The molecule has 0 saturated heterocycles. The van der Waals surface area contributed by atoms with E-state index < -0.39 is 0 Å². The van der Waals surface area contributed by atoms with E-state index in [4.69, 9.17) is 15.9 Å². The maximum absolute atomic E-state index is 13.1. The average molecular weight is 612 g/mol. The number of methoxy groups -OCH3 is 1. The van der Waals surface area contributed by atoms with Crippen molar-refractivity contribution in [3.8, 4) is 23.8 Å². The van der Waals surface area contributed by atoms with E-state index in [1.165, 1.54) is 11.8 Å². The summed E-state index contributed by atoms with van der Waals surface area (Å²) in [7, 11) is 1.54. The van der Waals surface area contributed by atoms with Gasteiger partial charge in [0, 0.05) is 20.9 Å². The van der Waals surface area contributed by atoms with Gasteiger partial charge >= 0.3 is 0 Å². The molecule has 0 N–H and O–H groups in total. The van der Waals surface area contributed by atoms with Gasteiger partial charge in [0.1, 0.15) is 12.4 Å². The van der Waals surface area contributed by atoms with Gasteiger partial charge in [0.25, 0.3) is 5.56 Å². The van der Waals surface area contributed by atoms with E-state index in [9.17, 15) is 4.79 Å². The molecule has 0 aliphatic carbocycles. The number of rotatable bonds is 7. The molecule has 0 bridgehead atoms. The molecule has 6 nitrogen and oxygen atoms in total. The molecule has 1 heterocycles. The maximum Gasteiger partial charge on any atom is 0.282 e. The van der Waals surface area contributed by atoms with Crippen LogP contribution in [0.15, 0.2) is 47.6 Å². The van der Waals surface area contributed by atoms with Gasteiger partial charge in [-0.25, -0.2) is 4.98 Å². The minimum absolute atomic E-state index is 0.100. The van der Waals surface area contributed by atoms with E-state index in [0.29, 0.717) is 49.2 Å². The lowest BCUT2D eigenvalue weighted by molar-refractivity contribution is 0.328. The number of ether oxygens (including phenoxy) is 2. The number of halogens is 3. The van der Waals surface area contributed by atoms with E-state index in [2.05, 4.69) is 63.8 Å². The molecule has 31 heavy (non-hydrogen) atoms. The zero-order chi connectivity index (χ0) is 22.5. The molecule has 0 amide bonds. The van der Waals surface area contributed by atoms with Crippen LogP contribution in [0.3, 0.4) is 0 Å². The third kappa shape index (κ3) is 5.03. The Balaban J connectivity index is 2.14. The number of terminal acetylenes is 1. The number of nitrogens with zero attached hydrogens (tertiary/aromatic N) is 3. The Morgan fingerprint density at radius 3 is 2.71 bits per heavy atom. The highest BCUT2D eigenvalue weighted by Crippen LogP contribution is 2.42. The van der Waals surface area contributed by atoms with Crippen molar-refractivity contribution < 1.29 is 9.47 Å². The molecule has 160 valence electrons. The molecule has 3 rings (SSSR count). The highest BCUT2D eigenvalue weighted by molar-refractivity contribution is 9.13. The third-order valence-electron chi connectivity index (χ3n) is 4.34. The van der Waals surface area contributed by atoms with Gasteiger partial charge < -0.3 is 9.47 Å². The van der Waals surface area contributed by atoms with Crippen LogP contribution in [0, 0.1) is 12.3 Å². The van der Waals surface area contributed by atoms with Crippen molar-refractivity contribution in [2.75, 3.05) is 13.7 Å². The largest absolute Gasteiger partial charge is 0.493 e.